The predicted octanol–water partition coefficient (Wildman–Crippen LogP) is 3.71. The summed E-state index contributed by atoms with van der Waals surface area (Å²) in [5.74, 6) is 0.0754. The summed E-state index contributed by atoms with van der Waals surface area (Å²) in [6.45, 7) is 2.33. The van der Waals surface area contributed by atoms with Gasteiger partial charge in [-0.3, -0.25) is 4.79 Å². The molecule has 0 heterocycles. The second-order valence-electron chi connectivity index (χ2n) is 4.29. The molecule has 0 unspecified atom stereocenters. The molecule has 0 aromatic heterocycles. The van der Waals surface area contributed by atoms with Gasteiger partial charge < -0.3 is 15.8 Å². The third-order valence-corrected chi connectivity index (χ3v) is 3.31. The number of benzene rings is 2. The fraction of sp³-hybridized carbons (Fsp3) is 0.133. The van der Waals surface area contributed by atoms with Gasteiger partial charge in [0.05, 0.1) is 10.0 Å². The largest absolute Gasteiger partial charge is 0.456 e. The van der Waals surface area contributed by atoms with Crippen LogP contribution in [-0.4, -0.2) is 12.5 Å². The van der Waals surface area contributed by atoms with Crippen molar-refractivity contribution in [3.63, 3.8) is 0 Å². The lowest BCUT2D eigenvalue weighted by Gasteiger charge is -2.12. The van der Waals surface area contributed by atoms with Crippen molar-refractivity contribution in [3.8, 4) is 11.5 Å². The molecule has 6 heteroatoms. The van der Waals surface area contributed by atoms with E-state index in [0.717, 1.165) is 0 Å². The SMILES string of the molecule is CCNC(=O)c1ccc(N)cc1Oc1ccc(F)c(Br)c1. The molecule has 0 saturated heterocycles. The van der Waals surface area contributed by atoms with Crippen molar-refractivity contribution >= 4 is 27.5 Å². The van der Waals surface area contributed by atoms with E-state index in [-0.39, 0.29) is 16.2 Å². The van der Waals surface area contributed by atoms with E-state index in [0.29, 0.717) is 29.3 Å². The first-order valence-electron chi connectivity index (χ1n) is 6.32. The molecule has 0 radical (unpaired) electrons. The van der Waals surface area contributed by atoms with Crippen LogP contribution >= 0.6 is 15.9 Å². The smallest absolute Gasteiger partial charge is 0.255 e. The van der Waals surface area contributed by atoms with E-state index in [1.807, 2.05) is 6.92 Å². The van der Waals surface area contributed by atoms with Gasteiger partial charge in [-0.2, -0.15) is 0 Å². The van der Waals surface area contributed by atoms with Crippen molar-refractivity contribution in [1.82, 2.24) is 5.32 Å². The molecule has 110 valence electrons. The Labute approximate surface area is 130 Å². The number of hydrogen-bond acceptors (Lipinski definition) is 3. The first-order valence-corrected chi connectivity index (χ1v) is 7.11. The number of rotatable bonds is 4. The molecule has 2 aromatic rings. The monoisotopic (exact) mass is 352 g/mol. The number of nitrogen functional groups attached to an aromatic ring is 1. The number of carbonyl (C=O) groups is 1. The number of hydrogen-bond donors (Lipinski definition) is 2. The maximum atomic E-state index is 13.2. The summed E-state index contributed by atoms with van der Waals surface area (Å²) in [6, 6.07) is 9.01. The van der Waals surface area contributed by atoms with Gasteiger partial charge in [0, 0.05) is 18.3 Å². The zero-order valence-corrected chi connectivity index (χ0v) is 12.9. The molecule has 0 saturated carbocycles. The van der Waals surface area contributed by atoms with Crippen LogP contribution in [0.2, 0.25) is 0 Å². The molecule has 2 aromatic carbocycles. The fourth-order valence-corrected chi connectivity index (χ4v) is 2.09. The van der Waals surface area contributed by atoms with Gasteiger partial charge in [-0.15, -0.1) is 0 Å². The van der Waals surface area contributed by atoms with Crippen molar-refractivity contribution in [2.45, 2.75) is 6.92 Å². The average molecular weight is 353 g/mol. The van der Waals surface area contributed by atoms with Gasteiger partial charge >= 0.3 is 0 Å². The van der Waals surface area contributed by atoms with Crippen LogP contribution in [0.4, 0.5) is 10.1 Å². The second kappa shape index (κ2) is 6.58. The van der Waals surface area contributed by atoms with E-state index in [1.54, 1.807) is 18.2 Å². The highest BCUT2D eigenvalue weighted by Crippen LogP contribution is 2.30. The van der Waals surface area contributed by atoms with E-state index in [2.05, 4.69) is 21.2 Å². The molecule has 0 aliphatic carbocycles. The Morgan fingerprint density at radius 2 is 2.10 bits per heavy atom. The van der Waals surface area contributed by atoms with Crippen LogP contribution in [-0.2, 0) is 0 Å². The highest BCUT2D eigenvalue weighted by Gasteiger charge is 2.13. The lowest BCUT2D eigenvalue weighted by Crippen LogP contribution is -2.23. The minimum absolute atomic E-state index is 0.256. The van der Waals surface area contributed by atoms with Crippen LogP contribution in [0.1, 0.15) is 17.3 Å². The van der Waals surface area contributed by atoms with E-state index in [9.17, 15) is 9.18 Å². The Morgan fingerprint density at radius 1 is 1.33 bits per heavy atom. The second-order valence-corrected chi connectivity index (χ2v) is 5.15. The number of amides is 1. The van der Waals surface area contributed by atoms with Gasteiger partial charge in [0.1, 0.15) is 17.3 Å². The third-order valence-electron chi connectivity index (χ3n) is 2.71. The Morgan fingerprint density at radius 3 is 2.76 bits per heavy atom. The van der Waals surface area contributed by atoms with Gasteiger partial charge in [0.25, 0.3) is 5.91 Å². The molecular formula is C15H14BrFN2O2. The topological polar surface area (TPSA) is 64.4 Å². The molecule has 1 amide bonds. The third kappa shape index (κ3) is 3.72. The highest BCUT2D eigenvalue weighted by molar-refractivity contribution is 9.10. The van der Waals surface area contributed by atoms with E-state index in [1.165, 1.54) is 18.2 Å². The zero-order valence-electron chi connectivity index (χ0n) is 11.3. The Hall–Kier alpha value is -2.08. The molecule has 2 rings (SSSR count). The van der Waals surface area contributed by atoms with E-state index >= 15 is 0 Å². The summed E-state index contributed by atoms with van der Waals surface area (Å²) >= 11 is 3.09. The van der Waals surface area contributed by atoms with Gasteiger partial charge in [-0.05, 0) is 53.2 Å². The number of ether oxygens (including phenoxy) is 1. The summed E-state index contributed by atoms with van der Waals surface area (Å²) < 4.78 is 19.2. The van der Waals surface area contributed by atoms with E-state index in [4.69, 9.17) is 10.5 Å². The van der Waals surface area contributed by atoms with E-state index < -0.39 is 0 Å². The number of anilines is 1. The first kappa shape index (κ1) is 15.3. The minimum atomic E-state index is -0.390. The molecule has 0 aliphatic rings. The van der Waals surface area contributed by atoms with Crippen molar-refractivity contribution in [3.05, 3.63) is 52.3 Å². The molecule has 0 atom stereocenters. The van der Waals surface area contributed by atoms with Crippen molar-refractivity contribution in [2.24, 2.45) is 0 Å². The summed E-state index contributed by atoms with van der Waals surface area (Å²) in [5, 5.41) is 2.70. The molecular weight excluding hydrogens is 339 g/mol. The standard InChI is InChI=1S/C15H14BrFN2O2/c1-2-19-15(20)11-5-3-9(18)7-14(11)21-10-4-6-13(17)12(16)8-10/h3-8H,2,18H2,1H3,(H,19,20). The normalized spacial score (nSPS) is 10.2. The van der Waals surface area contributed by atoms with Crippen molar-refractivity contribution in [1.29, 1.82) is 0 Å². The molecule has 3 N–H and O–H groups in total. The molecule has 0 aliphatic heterocycles. The Kier molecular flexibility index (Phi) is 4.80. The number of nitrogens with two attached hydrogens (primary N) is 1. The quantitative estimate of drug-likeness (QED) is 0.824. The van der Waals surface area contributed by atoms with Crippen LogP contribution < -0.4 is 15.8 Å². The summed E-state index contributed by atoms with van der Waals surface area (Å²) in [6.07, 6.45) is 0. The summed E-state index contributed by atoms with van der Waals surface area (Å²) in [7, 11) is 0. The van der Waals surface area contributed by atoms with Crippen LogP contribution in [0.5, 0.6) is 11.5 Å². The molecule has 0 fully saturated rings. The lowest BCUT2D eigenvalue weighted by molar-refractivity contribution is 0.0953. The summed E-state index contributed by atoms with van der Waals surface area (Å²) in [4.78, 5) is 12.0. The highest BCUT2D eigenvalue weighted by atomic mass is 79.9. The van der Waals surface area contributed by atoms with Crippen LogP contribution in [0.25, 0.3) is 0 Å². The summed E-state index contributed by atoms with van der Waals surface area (Å²) in [5.41, 5.74) is 6.57. The van der Waals surface area contributed by atoms with Crippen LogP contribution in [0, 0.1) is 5.82 Å². The number of carbonyl (C=O) groups excluding carboxylic acids is 1. The lowest BCUT2D eigenvalue weighted by atomic mass is 10.1. The number of halogens is 2. The van der Waals surface area contributed by atoms with Crippen LogP contribution in [0.15, 0.2) is 40.9 Å². The first-order chi connectivity index (χ1) is 10.0. The maximum Gasteiger partial charge on any atom is 0.255 e. The zero-order chi connectivity index (χ0) is 15.4. The molecule has 0 bridgehead atoms. The predicted molar refractivity (Wildman–Crippen MR) is 83.0 cm³/mol. The molecule has 4 nitrogen and oxygen atoms in total. The van der Waals surface area contributed by atoms with Gasteiger partial charge in [0.2, 0.25) is 0 Å². The van der Waals surface area contributed by atoms with Crippen molar-refractivity contribution < 1.29 is 13.9 Å². The Balaban J connectivity index is 2.35. The minimum Gasteiger partial charge on any atom is -0.456 e. The Bertz CT molecular complexity index is 677. The molecule has 21 heavy (non-hydrogen) atoms. The molecule has 0 spiro atoms. The van der Waals surface area contributed by atoms with Gasteiger partial charge in [-0.1, -0.05) is 0 Å². The van der Waals surface area contributed by atoms with Crippen molar-refractivity contribution in [2.75, 3.05) is 12.3 Å². The van der Waals surface area contributed by atoms with Crippen LogP contribution in [0.3, 0.4) is 0 Å². The van der Waals surface area contributed by atoms with Gasteiger partial charge in [0.15, 0.2) is 0 Å². The van der Waals surface area contributed by atoms with Gasteiger partial charge in [-0.25, -0.2) is 4.39 Å². The maximum absolute atomic E-state index is 13.2. The average Bonchev–Trinajstić information content (AvgIpc) is 2.43. The number of nitrogens with one attached hydrogen (secondary N) is 1. The fourth-order valence-electron chi connectivity index (χ4n) is 1.73.